The van der Waals surface area contributed by atoms with E-state index >= 15 is 0 Å². The Kier molecular flexibility index (Phi) is 8.54. The van der Waals surface area contributed by atoms with Crippen LogP contribution in [0.15, 0.2) is 0 Å². The average molecular weight is 307 g/mol. The molecule has 0 bridgehead atoms. The Morgan fingerprint density at radius 2 is 1.15 bits per heavy atom. The molecular formula is C13H23F6N. The lowest BCUT2D eigenvalue weighted by Gasteiger charge is -2.28. The van der Waals surface area contributed by atoms with Gasteiger partial charge in [-0.1, -0.05) is 51.9 Å². The van der Waals surface area contributed by atoms with Crippen LogP contribution < -0.4 is 5.73 Å². The highest BCUT2D eigenvalue weighted by molar-refractivity contribution is 4.84. The average Bonchev–Trinajstić information content (AvgIpc) is 2.23. The van der Waals surface area contributed by atoms with Crippen molar-refractivity contribution in [2.24, 2.45) is 11.7 Å². The Labute approximate surface area is 115 Å². The summed E-state index contributed by atoms with van der Waals surface area (Å²) in [4.78, 5) is 0. The molecule has 0 radical (unpaired) electrons. The molecule has 0 aromatic carbocycles. The zero-order valence-corrected chi connectivity index (χ0v) is 11.7. The van der Waals surface area contributed by atoms with E-state index < -0.39 is 24.3 Å². The maximum Gasteiger partial charge on any atom is 0.401 e. The zero-order valence-electron chi connectivity index (χ0n) is 11.7. The van der Waals surface area contributed by atoms with E-state index in [0.717, 1.165) is 32.1 Å². The highest BCUT2D eigenvalue weighted by Crippen LogP contribution is 2.41. The minimum absolute atomic E-state index is 0.253. The van der Waals surface area contributed by atoms with Crippen LogP contribution in [0.4, 0.5) is 26.3 Å². The van der Waals surface area contributed by atoms with E-state index in [1.165, 1.54) is 0 Å². The van der Waals surface area contributed by atoms with Crippen LogP contribution in [0.25, 0.3) is 0 Å². The van der Waals surface area contributed by atoms with Crippen molar-refractivity contribution in [3.8, 4) is 0 Å². The van der Waals surface area contributed by atoms with Gasteiger partial charge in [-0.25, -0.2) is 0 Å². The summed E-state index contributed by atoms with van der Waals surface area (Å²) in [7, 11) is 0. The molecule has 0 aromatic heterocycles. The summed E-state index contributed by atoms with van der Waals surface area (Å²) in [6.07, 6.45) is -4.96. The van der Waals surface area contributed by atoms with Crippen LogP contribution >= 0.6 is 0 Å². The largest absolute Gasteiger partial charge is 0.401 e. The van der Waals surface area contributed by atoms with Gasteiger partial charge in [0.15, 0.2) is 5.92 Å². The van der Waals surface area contributed by atoms with E-state index in [9.17, 15) is 26.3 Å². The fourth-order valence-corrected chi connectivity index (χ4v) is 2.17. The second-order valence-corrected chi connectivity index (χ2v) is 5.13. The third kappa shape index (κ3) is 7.97. The summed E-state index contributed by atoms with van der Waals surface area (Å²) in [5, 5.41) is 0. The molecule has 2 N–H and O–H groups in total. The molecule has 0 saturated carbocycles. The molecule has 1 unspecified atom stereocenters. The standard InChI is InChI=1S/C13H23F6N/c1-2-3-4-5-6-7-8-9-10(20)11(12(14,15)16)13(17,18)19/h10-11H,2-9,20H2,1H3. The van der Waals surface area contributed by atoms with Gasteiger partial charge in [-0.15, -0.1) is 0 Å². The molecule has 1 nitrogen and oxygen atoms in total. The number of rotatable bonds is 9. The number of hydrogen-bond donors (Lipinski definition) is 1. The van der Waals surface area contributed by atoms with Crippen molar-refractivity contribution in [1.82, 2.24) is 0 Å². The minimum Gasteiger partial charge on any atom is -0.327 e. The van der Waals surface area contributed by atoms with Crippen LogP contribution in [0.1, 0.15) is 58.3 Å². The molecule has 0 saturated heterocycles. The second-order valence-electron chi connectivity index (χ2n) is 5.13. The normalized spacial score (nSPS) is 14.8. The minimum atomic E-state index is -5.33. The number of unbranched alkanes of at least 4 members (excludes halogenated alkanes) is 6. The molecule has 1 atom stereocenters. The highest BCUT2D eigenvalue weighted by atomic mass is 19.4. The summed E-state index contributed by atoms with van der Waals surface area (Å²) in [6, 6.07) is -1.91. The number of hydrogen-bond acceptors (Lipinski definition) is 1. The smallest absolute Gasteiger partial charge is 0.327 e. The van der Waals surface area contributed by atoms with Gasteiger partial charge in [-0.3, -0.25) is 0 Å². The Morgan fingerprint density at radius 1 is 0.750 bits per heavy atom. The summed E-state index contributed by atoms with van der Waals surface area (Å²) in [5.74, 6) is -3.42. The number of nitrogens with two attached hydrogens (primary N) is 1. The van der Waals surface area contributed by atoms with Gasteiger partial charge in [0.05, 0.1) is 0 Å². The maximum atomic E-state index is 12.4. The van der Waals surface area contributed by atoms with Crippen LogP contribution in [0.2, 0.25) is 0 Å². The Morgan fingerprint density at radius 3 is 1.55 bits per heavy atom. The van der Waals surface area contributed by atoms with Crippen molar-refractivity contribution >= 4 is 0 Å². The molecule has 0 rings (SSSR count). The second kappa shape index (κ2) is 8.74. The summed E-state index contributed by atoms with van der Waals surface area (Å²) in [5.41, 5.74) is 5.11. The summed E-state index contributed by atoms with van der Waals surface area (Å²) in [6.45, 7) is 2.06. The highest BCUT2D eigenvalue weighted by Gasteiger charge is 2.59. The molecule has 0 heterocycles. The quantitative estimate of drug-likeness (QED) is 0.460. The van der Waals surface area contributed by atoms with E-state index in [1.54, 1.807) is 0 Å². The molecule has 0 fully saturated rings. The van der Waals surface area contributed by atoms with Gasteiger partial charge in [0, 0.05) is 6.04 Å². The van der Waals surface area contributed by atoms with Crippen LogP contribution in [-0.2, 0) is 0 Å². The van der Waals surface area contributed by atoms with Crippen molar-refractivity contribution in [3.63, 3.8) is 0 Å². The van der Waals surface area contributed by atoms with Gasteiger partial charge in [0.2, 0.25) is 0 Å². The molecule has 0 aliphatic rings. The van der Waals surface area contributed by atoms with Crippen molar-refractivity contribution in [2.75, 3.05) is 0 Å². The lowest BCUT2D eigenvalue weighted by atomic mass is 9.94. The topological polar surface area (TPSA) is 26.0 Å². The zero-order chi connectivity index (χ0) is 15.8. The fourth-order valence-electron chi connectivity index (χ4n) is 2.17. The van der Waals surface area contributed by atoms with Gasteiger partial charge in [0.1, 0.15) is 0 Å². The molecule has 0 aromatic rings. The first kappa shape index (κ1) is 19.5. The summed E-state index contributed by atoms with van der Waals surface area (Å²) < 4.78 is 74.3. The van der Waals surface area contributed by atoms with Crippen LogP contribution in [-0.4, -0.2) is 18.4 Å². The van der Waals surface area contributed by atoms with Crippen LogP contribution in [0.5, 0.6) is 0 Å². The molecule has 7 heteroatoms. The van der Waals surface area contributed by atoms with Crippen molar-refractivity contribution in [3.05, 3.63) is 0 Å². The molecule has 20 heavy (non-hydrogen) atoms. The summed E-state index contributed by atoms with van der Waals surface area (Å²) >= 11 is 0. The fraction of sp³-hybridized carbons (Fsp3) is 1.00. The van der Waals surface area contributed by atoms with Crippen molar-refractivity contribution in [1.29, 1.82) is 0 Å². The number of halogens is 6. The predicted molar refractivity (Wildman–Crippen MR) is 66.2 cm³/mol. The van der Waals surface area contributed by atoms with E-state index in [2.05, 4.69) is 6.92 Å². The monoisotopic (exact) mass is 307 g/mol. The Bertz CT molecular complexity index is 234. The van der Waals surface area contributed by atoms with Gasteiger partial charge in [-0.2, -0.15) is 26.3 Å². The Balaban J connectivity index is 4.07. The van der Waals surface area contributed by atoms with E-state index in [0.29, 0.717) is 12.8 Å². The van der Waals surface area contributed by atoms with E-state index in [1.807, 2.05) is 0 Å². The predicted octanol–water partition coefficient (Wildman–Crippen LogP) is 5.20. The van der Waals surface area contributed by atoms with Crippen LogP contribution in [0.3, 0.4) is 0 Å². The Hall–Kier alpha value is -0.460. The van der Waals surface area contributed by atoms with E-state index in [4.69, 9.17) is 5.73 Å². The molecule has 0 aliphatic heterocycles. The van der Waals surface area contributed by atoms with Crippen molar-refractivity contribution < 1.29 is 26.3 Å². The third-order valence-corrected chi connectivity index (χ3v) is 3.27. The lowest BCUT2D eigenvalue weighted by molar-refractivity contribution is -0.289. The van der Waals surface area contributed by atoms with Gasteiger partial charge >= 0.3 is 12.4 Å². The van der Waals surface area contributed by atoms with E-state index in [-0.39, 0.29) is 6.42 Å². The third-order valence-electron chi connectivity index (χ3n) is 3.27. The lowest BCUT2D eigenvalue weighted by Crippen LogP contribution is -2.48. The molecular weight excluding hydrogens is 284 g/mol. The van der Waals surface area contributed by atoms with Crippen molar-refractivity contribution in [2.45, 2.75) is 76.7 Å². The molecule has 0 amide bonds. The molecule has 0 spiro atoms. The molecule has 0 aliphatic carbocycles. The van der Waals surface area contributed by atoms with Gasteiger partial charge in [-0.05, 0) is 6.42 Å². The first-order chi connectivity index (χ1) is 9.10. The molecule has 122 valence electrons. The first-order valence-corrected chi connectivity index (χ1v) is 6.99. The first-order valence-electron chi connectivity index (χ1n) is 6.99. The SMILES string of the molecule is CCCCCCCCCC(N)C(C(F)(F)F)C(F)(F)F. The van der Waals surface area contributed by atoms with Crippen LogP contribution in [0, 0.1) is 5.92 Å². The van der Waals surface area contributed by atoms with Gasteiger partial charge in [0.25, 0.3) is 0 Å². The number of alkyl halides is 6. The van der Waals surface area contributed by atoms with Gasteiger partial charge < -0.3 is 5.73 Å². The maximum absolute atomic E-state index is 12.4.